The lowest BCUT2D eigenvalue weighted by Crippen LogP contribution is -2.31. The van der Waals surface area contributed by atoms with Gasteiger partial charge >= 0.3 is 0 Å². The summed E-state index contributed by atoms with van der Waals surface area (Å²) < 4.78 is 0. The number of benzene rings is 2. The lowest BCUT2D eigenvalue weighted by molar-refractivity contribution is -0.384. The zero-order valence-electron chi connectivity index (χ0n) is 17.3. The molecule has 0 saturated carbocycles. The van der Waals surface area contributed by atoms with Crippen LogP contribution in [0, 0.1) is 10.1 Å². The van der Waals surface area contributed by atoms with E-state index in [-0.39, 0.29) is 22.7 Å². The van der Waals surface area contributed by atoms with Crippen LogP contribution in [0.25, 0.3) is 0 Å². The Morgan fingerprint density at radius 2 is 1.63 bits per heavy atom. The average molecular weight is 409 g/mol. The van der Waals surface area contributed by atoms with Gasteiger partial charge in [0.2, 0.25) is 0 Å². The summed E-state index contributed by atoms with van der Waals surface area (Å²) in [5.41, 5.74) is 1.47. The first kappa shape index (κ1) is 21.6. The van der Waals surface area contributed by atoms with Crippen LogP contribution in [0.2, 0.25) is 0 Å². The number of carbonyl (C=O) groups is 2. The van der Waals surface area contributed by atoms with E-state index in [0.29, 0.717) is 13.0 Å². The first-order chi connectivity index (χ1) is 14.5. The fraction of sp³-hybridized carbons (Fsp3) is 0.391. The third kappa shape index (κ3) is 5.10. The van der Waals surface area contributed by atoms with Crippen LogP contribution >= 0.6 is 0 Å². The Bertz CT molecular complexity index is 914. The van der Waals surface area contributed by atoms with Crippen molar-refractivity contribution in [1.29, 1.82) is 0 Å². The molecule has 158 valence electrons. The molecule has 2 aromatic carbocycles. The van der Waals surface area contributed by atoms with E-state index in [2.05, 4.69) is 24.0 Å². The first-order valence-corrected chi connectivity index (χ1v) is 10.4. The number of rotatable bonds is 11. The van der Waals surface area contributed by atoms with E-state index in [1.165, 1.54) is 28.7 Å². The van der Waals surface area contributed by atoms with Gasteiger partial charge in [-0.25, -0.2) is 0 Å². The van der Waals surface area contributed by atoms with Crippen molar-refractivity contribution in [3.05, 3.63) is 75.3 Å². The molecule has 30 heavy (non-hydrogen) atoms. The van der Waals surface area contributed by atoms with Crippen LogP contribution in [-0.4, -0.2) is 46.2 Å². The SMILES string of the molecule is CCCCN(CCCCN1C(=O)c2ccc([N+](=O)[O-])cc2C1=O)Cc1ccccc1. The van der Waals surface area contributed by atoms with Gasteiger partial charge in [-0.1, -0.05) is 43.7 Å². The highest BCUT2D eigenvalue weighted by Gasteiger charge is 2.36. The zero-order chi connectivity index (χ0) is 21.5. The summed E-state index contributed by atoms with van der Waals surface area (Å²) in [6.07, 6.45) is 3.82. The molecular weight excluding hydrogens is 382 g/mol. The van der Waals surface area contributed by atoms with Gasteiger partial charge < -0.3 is 0 Å². The molecule has 1 aliphatic heterocycles. The number of nitro groups is 1. The van der Waals surface area contributed by atoms with Gasteiger partial charge in [0.1, 0.15) is 0 Å². The maximum Gasteiger partial charge on any atom is 0.270 e. The van der Waals surface area contributed by atoms with Crippen molar-refractivity contribution in [2.24, 2.45) is 0 Å². The molecule has 2 amide bonds. The van der Waals surface area contributed by atoms with Crippen molar-refractivity contribution < 1.29 is 14.5 Å². The second kappa shape index (κ2) is 10.1. The van der Waals surface area contributed by atoms with Gasteiger partial charge in [0.05, 0.1) is 16.1 Å². The Balaban J connectivity index is 1.54. The number of carbonyl (C=O) groups excluding carboxylic acids is 2. The average Bonchev–Trinajstić information content (AvgIpc) is 2.99. The van der Waals surface area contributed by atoms with Crippen molar-refractivity contribution >= 4 is 17.5 Å². The summed E-state index contributed by atoms with van der Waals surface area (Å²) in [4.78, 5) is 39.1. The van der Waals surface area contributed by atoms with E-state index < -0.39 is 10.8 Å². The number of nitro benzene ring substituents is 1. The molecule has 7 nitrogen and oxygen atoms in total. The van der Waals surface area contributed by atoms with Gasteiger partial charge in [-0.3, -0.25) is 29.5 Å². The van der Waals surface area contributed by atoms with Crippen LogP contribution in [0.5, 0.6) is 0 Å². The van der Waals surface area contributed by atoms with E-state index in [1.807, 2.05) is 18.2 Å². The fourth-order valence-corrected chi connectivity index (χ4v) is 3.69. The molecule has 0 radical (unpaired) electrons. The smallest absolute Gasteiger partial charge is 0.270 e. The number of unbranched alkanes of at least 4 members (excludes halogenated alkanes) is 2. The van der Waals surface area contributed by atoms with Gasteiger partial charge in [-0.15, -0.1) is 0 Å². The monoisotopic (exact) mass is 409 g/mol. The Labute approximate surface area is 176 Å². The topological polar surface area (TPSA) is 83.8 Å². The molecule has 0 bridgehead atoms. The minimum Gasteiger partial charge on any atom is -0.299 e. The zero-order valence-corrected chi connectivity index (χ0v) is 17.3. The molecule has 2 aromatic rings. The summed E-state index contributed by atoms with van der Waals surface area (Å²) in [5, 5.41) is 10.9. The fourth-order valence-electron chi connectivity index (χ4n) is 3.69. The van der Waals surface area contributed by atoms with Crippen LogP contribution in [0.3, 0.4) is 0 Å². The number of hydrogen-bond acceptors (Lipinski definition) is 5. The second-order valence-corrected chi connectivity index (χ2v) is 7.57. The van der Waals surface area contributed by atoms with Crippen LogP contribution in [0.15, 0.2) is 48.5 Å². The summed E-state index contributed by atoms with van der Waals surface area (Å²) in [6, 6.07) is 14.2. The number of fused-ring (bicyclic) bond motifs is 1. The molecule has 0 unspecified atom stereocenters. The maximum atomic E-state index is 12.6. The van der Waals surface area contributed by atoms with E-state index in [1.54, 1.807) is 0 Å². The van der Waals surface area contributed by atoms with Crippen molar-refractivity contribution in [3.8, 4) is 0 Å². The Kier molecular flexibility index (Phi) is 7.30. The van der Waals surface area contributed by atoms with Crippen molar-refractivity contribution in [2.45, 2.75) is 39.2 Å². The lowest BCUT2D eigenvalue weighted by atomic mass is 10.1. The van der Waals surface area contributed by atoms with Gasteiger partial charge in [-0.05, 0) is 44.0 Å². The second-order valence-electron chi connectivity index (χ2n) is 7.57. The molecule has 0 aromatic heterocycles. The molecule has 7 heteroatoms. The van der Waals surface area contributed by atoms with Crippen molar-refractivity contribution in [2.75, 3.05) is 19.6 Å². The van der Waals surface area contributed by atoms with Crippen LogP contribution in [-0.2, 0) is 6.54 Å². The van der Waals surface area contributed by atoms with Crippen molar-refractivity contribution in [3.63, 3.8) is 0 Å². The van der Waals surface area contributed by atoms with Gasteiger partial charge in [0.25, 0.3) is 17.5 Å². The molecule has 0 spiro atoms. The molecular formula is C23H27N3O4. The summed E-state index contributed by atoms with van der Waals surface area (Å²) in [6.45, 7) is 5.30. The largest absolute Gasteiger partial charge is 0.299 e. The van der Waals surface area contributed by atoms with Crippen LogP contribution < -0.4 is 0 Å². The van der Waals surface area contributed by atoms with Crippen LogP contribution in [0.1, 0.15) is 58.9 Å². The predicted molar refractivity (Wildman–Crippen MR) is 114 cm³/mol. The van der Waals surface area contributed by atoms with Crippen LogP contribution in [0.4, 0.5) is 5.69 Å². The molecule has 0 N–H and O–H groups in total. The summed E-state index contributed by atoms with van der Waals surface area (Å²) in [5.74, 6) is -0.803. The van der Waals surface area contributed by atoms with E-state index in [9.17, 15) is 19.7 Å². The van der Waals surface area contributed by atoms with Gasteiger partial charge in [-0.2, -0.15) is 0 Å². The molecule has 0 aliphatic carbocycles. The van der Waals surface area contributed by atoms with Gasteiger partial charge in [0.15, 0.2) is 0 Å². The van der Waals surface area contributed by atoms with E-state index >= 15 is 0 Å². The van der Waals surface area contributed by atoms with E-state index in [4.69, 9.17) is 0 Å². The number of non-ortho nitro benzene ring substituents is 1. The molecule has 1 heterocycles. The Morgan fingerprint density at radius 1 is 0.933 bits per heavy atom. The van der Waals surface area contributed by atoms with Crippen molar-refractivity contribution in [1.82, 2.24) is 9.80 Å². The minimum atomic E-state index is -0.557. The maximum absolute atomic E-state index is 12.6. The highest BCUT2D eigenvalue weighted by molar-refractivity contribution is 6.21. The number of nitrogens with zero attached hydrogens (tertiary/aromatic N) is 3. The third-order valence-electron chi connectivity index (χ3n) is 5.35. The molecule has 0 saturated heterocycles. The number of hydrogen-bond donors (Lipinski definition) is 0. The normalized spacial score (nSPS) is 13.2. The number of imide groups is 1. The first-order valence-electron chi connectivity index (χ1n) is 10.4. The Hall–Kier alpha value is -3.06. The molecule has 0 fully saturated rings. The molecule has 3 rings (SSSR count). The quantitative estimate of drug-likeness (QED) is 0.239. The summed E-state index contributed by atoms with van der Waals surface area (Å²) in [7, 11) is 0. The third-order valence-corrected chi connectivity index (χ3v) is 5.35. The molecule has 0 atom stereocenters. The summed E-state index contributed by atoms with van der Waals surface area (Å²) >= 11 is 0. The minimum absolute atomic E-state index is 0.128. The van der Waals surface area contributed by atoms with Gasteiger partial charge in [0, 0.05) is 25.2 Å². The Morgan fingerprint density at radius 3 is 2.33 bits per heavy atom. The number of amides is 2. The highest BCUT2D eigenvalue weighted by atomic mass is 16.6. The molecule has 1 aliphatic rings. The predicted octanol–water partition coefficient (Wildman–Crippen LogP) is 4.27. The van der Waals surface area contributed by atoms with E-state index in [0.717, 1.165) is 38.9 Å². The standard InChI is InChI=1S/C23H27N3O4/c1-2-3-13-24(17-18-9-5-4-6-10-18)14-7-8-15-25-22(27)20-12-11-19(26(29)30)16-21(20)23(25)28/h4-6,9-12,16H,2-3,7-8,13-15,17H2,1H3. The lowest BCUT2D eigenvalue weighted by Gasteiger charge is -2.23. The highest BCUT2D eigenvalue weighted by Crippen LogP contribution is 2.27.